The van der Waals surface area contributed by atoms with E-state index in [1.165, 1.54) is 0 Å². The minimum Gasteiger partial charge on any atom is -0.502 e. The zero-order valence-corrected chi connectivity index (χ0v) is 8.71. The van der Waals surface area contributed by atoms with Crippen molar-refractivity contribution in [3.8, 4) is 5.75 Å². The normalized spacial score (nSPS) is 10.5. The summed E-state index contributed by atoms with van der Waals surface area (Å²) in [5, 5.41) is 19.9. The van der Waals surface area contributed by atoms with Crippen LogP contribution in [0.5, 0.6) is 5.75 Å². The molecule has 90 valence electrons. The van der Waals surface area contributed by atoms with E-state index in [-0.39, 0.29) is 5.56 Å². The minimum atomic E-state index is -0.923. The number of nitro benzene ring substituents is 1. The predicted octanol–water partition coefficient (Wildman–Crippen LogP) is 1.63. The van der Waals surface area contributed by atoms with Gasteiger partial charge in [-0.25, -0.2) is 9.18 Å². The summed E-state index contributed by atoms with van der Waals surface area (Å²) in [6, 6.07) is 1.45. The van der Waals surface area contributed by atoms with Crippen LogP contribution in [0.2, 0.25) is 0 Å². The van der Waals surface area contributed by atoms with E-state index in [0.29, 0.717) is 6.07 Å². The van der Waals surface area contributed by atoms with Crippen LogP contribution < -0.4 is 0 Å². The average molecular weight is 241 g/mol. The van der Waals surface area contributed by atoms with Gasteiger partial charge < -0.3 is 9.84 Å². The highest BCUT2D eigenvalue weighted by Gasteiger charge is 2.18. The molecule has 0 aliphatic heterocycles. The Bertz CT molecular complexity index is 498. The molecule has 17 heavy (non-hydrogen) atoms. The molecule has 0 spiro atoms. The molecular weight excluding hydrogens is 233 g/mol. The predicted molar refractivity (Wildman–Crippen MR) is 55.8 cm³/mol. The SMILES string of the molecule is COC(=O)C=Cc1cc(F)cc([N+](=O)[O-])c1O. The fourth-order valence-corrected chi connectivity index (χ4v) is 1.10. The van der Waals surface area contributed by atoms with E-state index in [1.807, 2.05) is 0 Å². The average Bonchev–Trinajstić information content (AvgIpc) is 2.28. The van der Waals surface area contributed by atoms with E-state index in [4.69, 9.17) is 0 Å². The van der Waals surface area contributed by atoms with Crippen molar-refractivity contribution >= 4 is 17.7 Å². The Morgan fingerprint density at radius 1 is 1.59 bits per heavy atom. The Morgan fingerprint density at radius 2 is 2.24 bits per heavy atom. The van der Waals surface area contributed by atoms with E-state index in [0.717, 1.165) is 25.3 Å². The maximum absolute atomic E-state index is 13.0. The lowest BCUT2D eigenvalue weighted by Gasteiger charge is -2.00. The van der Waals surface area contributed by atoms with Gasteiger partial charge in [-0.2, -0.15) is 0 Å². The van der Waals surface area contributed by atoms with Gasteiger partial charge in [-0.1, -0.05) is 0 Å². The molecule has 0 unspecified atom stereocenters. The van der Waals surface area contributed by atoms with Gasteiger partial charge in [-0.15, -0.1) is 0 Å². The van der Waals surface area contributed by atoms with E-state index in [1.54, 1.807) is 0 Å². The van der Waals surface area contributed by atoms with Gasteiger partial charge in [0.2, 0.25) is 5.75 Å². The first-order chi connectivity index (χ1) is 7.95. The second-order valence-electron chi connectivity index (χ2n) is 2.98. The van der Waals surface area contributed by atoms with Gasteiger partial charge in [0.15, 0.2) is 0 Å². The molecule has 0 saturated heterocycles. The molecule has 0 atom stereocenters. The number of rotatable bonds is 3. The van der Waals surface area contributed by atoms with Crippen molar-refractivity contribution in [1.82, 2.24) is 0 Å². The summed E-state index contributed by atoms with van der Waals surface area (Å²) in [5.41, 5.74) is -0.948. The standard InChI is InChI=1S/C10H8FNO5/c1-17-9(13)3-2-6-4-7(11)5-8(10(6)14)12(15)16/h2-5,14H,1H3. The maximum atomic E-state index is 13.0. The number of phenolic OH excluding ortho intramolecular Hbond substituents is 1. The molecule has 0 amide bonds. The fraction of sp³-hybridized carbons (Fsp3) is 0.100. The summed E-state index contributed by atoms with van der Waals surface area (Å²) in [6.45, 7) is 0. The molecule has 0 aliphatic rings. The number of phenols is 1. The lowest BCUT2D eigenvalue weighted by Crippen LogP contribution is -1.95. The number of esters is 1. The molecule has 1 N–H and O–H groups in total. The van der Waals surface area contributed by atoms with Gasteiger partial charge >= 0.3 is 11.7 Å². The number of ether oxygens (including phenoxy) is 1. The summed E-state index contributed by atoms with van der Waals surface area (Å²) in [6.07, 6.45) is 1.94. The summed E-state index contributed by atoms with van der Waals surface area (Å²) in [7, 11) is 1.14. The van der Waals surface area contributed by atoms with Crippen LogP contribution in [0.4, 0.5) is 10.1 Å². The zero-order valence-electron chi connectivity index (χ0n) is 8.71. The number of nitro groups is 1. The van der Waals surface area contributed by atoms with Gasteiger partial charge in [0.25, 0.3) is 0 Å². The molecule has 1 aromatic carbocycles. The number of benzene rings is 1. The monoisotopic (exact) mass is 241 g/mol. The number of halogens is 1. The molecule has 1 aromatic rings. The zero-order chi connectivity index (χ0) is 13.0. The first-order valence-electron chi connectivity index (χ1n) is 4.38. The van der Waals surface area contributed by atoms with Crippen LogP contribution >= 0.6 is 0 Å². The molecule has 6 nitrogen and oxygen atoms in total. The van der Waals surface area contributed by atoms with Gasteiger partial charge in [0.05, 0.1) is 18.1 Å². The summed E-state index contributed by atoms with van der Waals surface area (Å²) in [5.74, 6) is -2.33. The van der Waals surface area contributed by atoms with Crippen LogP contribution in [-0.4, -0.2) is 23.1 Å². The van der Waals surface area contributed by atoms with E-state index >= 15 is 0 Å². The number of carbonyl (C=O) groups excluding carboxylic acids is 1. The number of nitrogens with zero attached hydrogens (tertiary/aromatic N) is 1. The molecule has 1 rings (SSSR count). The number of hydrogen-bond donors (Lipinski definition) is 1. The summed E-state index contributed by atoms with van der Waals surface area (Å²) in [4.78, 5) is 20.3. The van der Waals surface area contributed by atoms with E-state index in [2.05, 4.69) is 4.74 Å². The van der Waals surface area contributed by atoms with Crippen LogP contribution in [0.3, 0.4) is 0 Å². The van der Waals surface area contributed by atoms with Crippen molar-refractivity contribution in [1.29, 1.82) is 0 Å². The second kappa shape index (κ2) is 5.06. The van der Waals surface area contributed by atoms with Crippen LogP contribution in [0.25, 0.3) is 6.08 Å². The molecule has 7 heteroatoms. The Labute approximate surface area is 95.1 Å². The van der Waals surface area contributed by atoms with Crippen LogP contribution in [-0.2, 0) is 9.53 Å². The van der Waals surface area contributed by atoms with Crippen LogP contribution in [0.1, 0.15) is 5.56 Å². The summed E-state index contributed by atoms with van der Waals surface area (Å²) < 4.78 is 17.3. The molecule has 0 saturated carbocycles. The molecule has 0 bridgehead atoms. The highest BCUT2D eigenvalue weighted by atomic mass is 19.1. The second-order valence-corrected chi connectivity index (χ2v) is 2.98. The molecule has 0 aliphatic carbocycles. The molecule has 0 fully saturated rings. The summed E-state index contributed by atoms with van der Waals surface area (Å²) >= 11 is 0. The number of aromatic hydroxyl groups is 1. The van der Waals surface area contributed by atoms with Gasteiger partial charge in [0, 0.05) is 11.6 Å². The van der Waals surface area contributed by atoms with Crippen molar-refractivity contribution in [3.63, 3.8) is 0 Å². The number of carbonyl (C=O) groups is 1. The van der Waals surface area contributed by atoms with Crippen LogP contribution in [0.15, 0.2) is 18.2 Å². The van der Waals surface area contributed by atoms with E-state index in [9.17, 15) is 24.4 Å². The van der Waals surface area contributed by atoms with Gasteiger partial charge in [-0.05, 0) is 12.1 Å². The molecule has 0 radical (unpaired) electrons. The van der Waals surface area contributed by atoms with Crippen molar-refractivity contribution < 1.29 is 24.0 Å². The Hall–Kier alpha value is -2.44. The van der Waals surface area contributed by atoms with Crippen molar-refractivity contribution in [2.24, 2.45) is 0 Å². The quantitative estimate of drug-likeness (QED) is 0.376. The lowest BCUT2D eigenvalue weighted by atomic mass is 10.1. The first-order valence-corrected chi connectivity index (χ1v) is 4.38. The Balaban J connectivity index is 3.21. The highest BCUT2D eigenvalue weighted by molar-refractivity contribution is 5.87. The third-order valence-corrected chi connectivity index (χ3v) is 1.88. The third-order valence-electron chi connectivity index (χ3n) is 1.88. The lowest BCUT2D eigenvalue weighted by molar-refractivity contribution is -0.386. The first kappa shape index (κ1) is 12.6. The highest BCUT2D eigenvalue weighted by Crippen LogP contribution is 2.31. The van der Waals surface area contributed by atoms with Gasteiger partial charge in [-0.3, -0.25) is 10.1 Å². The molecular formula is C10H8FNO5. The Morgan fingerprint density at radius 3 is 2.76 bits per heavy atom. The van der Waals surface area contributed by atoms with E-state index < -0.39 is 28.1 Å². The molecule has 0 heterocycles. The van der Waals surface area contributed by atoms with Crippen molar-refractivity contribution in [2.45, 2.75) is 0 Å². The molecule has 0 aromatic heterocycles. The van der Waals surface area contributed by atoms with Crippen molar-refractivity contribution in [2.75, 3.05) is 7.11 Å². The smallest absolute Gasteiger partial charge is 0.330 e. The largest absolute Gasteiger partial charge is 0.502 e. The number of methoxy groups -OCH3 is 1. The van der Waals surface area contributed by atoms with Crippen LogP contribution in [0, 0.1) is 15.9 Å². The fourth-order valence-electron chi connectivity index (χ4n) is 1.10. The number of hydrogen-bond acceptors (Lipinski definition) is 5. The van der Waals surface area contributed by atoms with Gasteiger partial charge in [0.1, 0.15) is 5.82 Å². The topological polar surface area (TPSA) is 89.7 Å². The van der Waals surface area contributed by atoms with Crippen molar-refractivity contribution in [3.05, 3.63) is 39.7 Å². The minimum absolute atomic E-state index is 0.179. The Kier molecular flexibility index (Phi) is 3.76. The third kappa shape index (κ3) is 3.00. The maximum Gasteiger partial charge on any atom is 0.330 e.